The second-order valence-electron chi connectivity index (χ2n) is 4.08. The van der Waals surface area contributed by atoms with E-state index in [1.54, 1.807) is 0 Å². The summed E-state index contributed by atoms with van der Waals surface area (Å²) < 4.78 is 5.49. The Kier molecular flexibility index (Phi) is 4.96. The van der Waals surface area contributed by atoms with Crippen LogP contribution in [-0.4, -0.2) is 41.4 Å². The Bertz CT molecular complexity index is 357. The zero-order valence-corrected chi connectivity index (χ0v) is 10.6. The molecule has 1 heterocycles. The molecule has 96 valence electrons. The van der Waals surface area contributed by atoms with Crippen LogP contribution in [0.4, 0.5) is 11.5 Å². The molecule has 0 atom stereocenters. The van der Waals surface area contributed by atoms with E-state index < -0.39 is 0 Å². The van der Waals surface area contributed by atoms with Crippen molar-refractivity contribution in [3.05, 3.63) is 6.33 Å². The third-order valence-electron chi connectivity index (χ3n) is 2.19. The Hall–Kier alpha value is -1.56. The molecule has 0 fully saturated rings. The molecule has 1 rings (SSSR count). The number of aliphatic hydroxyl groups is 1. The Morgan fingerprint density at radius 3 is 2.76 bits per heavy atom. The topological polar surface area (TPSA) is 84.5 Å². The van der Waals surface area contributed by atoms with Crippen LogP contribution in [0.3, 0.4) is 0 Å². The highest BCUT2D eigenvalue weighted by Crippen LogP contribution is 2.27. The number of nitrogen functional groups attached to an aromatic ring is 1. The van der Waals surface area contributed by atoms with E-state index >= 15 is 0 Å². The third-order valence-corrected chi connectivity index (χ3v) is 2.19. The van der Waals surface area contributed by atoms with Gasteiger partial charge in [-0.15, -0.1) is 0 Å². The van der Waals surface area contributed by atoms with Crippen molar-refractivity contribution in [2.75, 3.05) is 30.8 Å². The minimum absolute atomic E-state index is 0.0165. The van der Waals surface area contributed by atoms with Crippen LogP contribution in [0.1, 0.15) is 20.3 Å². The highest BCUT2D eigenvalue weighted by Gasteiger charge is 2.13. The van der Waals surface area contributed by atoms with Gasteiger partial charge in [0.05, 0.1) is 6.10 Å². The van der Waals surface area contributed by atoms with Gasteiger partial charge in [-0.2, -0.15) is 4.98 Å². The fourth-order valence-electron chi connectivity index (χ4n) is 1.41. The van der Waals surface area contributed by atoms with Gasteiger partial charge in [0, 0.05) is 20.2 Å². The number of rotatable bonds is 6. The van der Waals surface area contributed by atoms with Crippen molar-refractivity contribution >= 4 is 11.5 Å². The number of aromatic nitrogens is 2. The van der Waals surface area contributed by atoms with Gasteiger partial charge >= 0.3 is 0 Å². The summed E-state index contributed by atoms with van der Waals surface area (Å²) in [6.07, 6.45) is 2.11. The van der Waals surface area contributed by atoms with Crippen LogP contribution >= 0.6 is 0 Å². The Morgan fingerprint density at radius 2 is 2.18 bits per heavy atom. The summed E-state index contributed by atoms with van der Waals surface area (Å²) in [5.41, 5.74) is 6.38. The zero-order chi connectivity index (χ0) is 12.8. The fourth-order valence-corrected chi connectivity index (χ4v) is 1.41. The molecule has 6 heteroatoms. The number of hydrogen-bond donors (Lipinski definition) is 2. The smallest absolute Gasteiger partial charge is 0.242 e. The summed E-state index contributed by atoms with van der Waals surface area (Å²) >= 11 is 0. The minimum Gasteiger partial charge on any atom is -0.473 e. The Balaban J connectivity index is 2.85. The van der Waals surface area contributed by atoms with E-state index in [1.807, 2.05) is 25.8 Å². The number of aliphatic hydroxyl groups excluding tert-OH is 1. The lowest BCUT2D eigenvalue weighted by molar-refractivity contribution is 0.234. The predicted molar refractivity (Wildman–Crippen MR) is 67.2 cm³/mol. The van der Waals surface area contributed by atoms with Gasteiger partial charge < -0.3 is 20.5 Å². The summed E-state index contributed by atoms with van der Waals surface area (Å²) in [4.78, 5) is 10.0. The monoisotopic (exact) mass is 240 g/mol. The minimum atomic E-state index is 0.0165. The lowest BCUT2D eigenvalue weighted by atomic mass is 10.3. The molecular weight excluding hydrogens is 220 g/mol. The molecule has 0 aliphatic carbocycles. The summed E-state index contributed by atoms with van der Waals surface area (Å²) in [6, 6.07) is 0. The molecular formula is C11H20N4O2. The molecule has 0 unspecified atom stereocenters. The predicted octanol–water partition coefficient (Wildman–Crippen LogP) is 0.665. The standard InChI is InChI=1S/C11H20N4O2/c1-8(2)17-11-9(12)10(13-7-14-11)15(3)5-4-6-16/h7-8,16H,4-6,12H2,1-3H3. The molecule has 0 aromatic carbocycles. The molecule has 0 aliphatic heterocycles. The molecule has 17 heavy (non-hydrogen) atoms. The van der Waals surface area contributed by atoms with Crippen molar-refractivity contribution in [2.45, 2.75) is 26.4 Å². The van der Waals surface area contributed by atoms with Gasteiger partial charge in [0.1, 0.15) is 12.0 Å². The molecule has 0 amide bonds. The maximum atomic E-state index is 8.79. The van der Waals surface area contributed by atoms with Crippen LogP contribution in [0, 0.1) is 0 Å². The molecule has 1 aromatic heterocycles. The first-order valence-corrected chi connectivity index (χ1v) is 5.65. The summed E-state index contributed by atoms with van der Waals surface area (Å²) in [5.74, 6) is 1.03. The molecule has 0 saturated carbocycles. The Labute approximate surface area is 101 Å². The maximum Gasteiger partial charge on any atom is 0.242 e. The van der Waals surface area contributed by atoms with Crippen molar-refractivity contribution in [1.82, 2.24) is 9.97 Å². The van der Waals surface area contributed by atoms with Gasteiger partial charge in [-0.25, -0.2) is 4.98 Å². The molecule has 6 nitrogen and oxygen atoms in total. The SMILES string of the molecule is CC(C)Oc1ncnc(N(C)CCCO)c1N. The normalized spacial score (nSPS) is 10.6. The molecule has 0 saturated heterocycles. The number of nitrogens with zero attached hydrogens (tertiary/aromatic N) is 3. The largest absolute Gasteiger partial charge is 0.473 e. The van der Waals surface area contributed by atoms with E-state index in [-0.39, 0.29) is 12.7 Å². The molecule has 0 bridgehead atoms. The van der Waals surface area contributed by atoms with Crippen molar-refractivity contribution in [3.63, 3.8) is 0 Å². The van der Waals surface area contributed by atoms with Crippen LogP contribution in [0.25, 0.3) is 0 Å². The molecule has 0 radical (unpaired) electrons. The quantitative estimate of drug-likeness (QED) is 0.760. The number of hydrogen-bond acceptors (Lipinski definition) is 6. The average molecular weight is 240 g/mol. The average Bonchev–Trinajstić information content (AvgIpc) is 2.28. The molecule has 0 aliphatic rings. The summed E-state index contributed by atoms with van der Waals surface area (Å²) in [7, 11) is 1.87. The van der Waals surface area contributed by atoms with E-state index in [4.69, 9.17) is 15.6 Å². The summed E-state index contributed by atoms with van der Waals surface area (Å²) in [5, 5.41) is 8.79. The summed E-state index contributed by atoms with van der Waals surface area (Å²) in [6.45, 7) is 4.65. The van der Waals surface area contributed by atoms with E-state index in [0.29, 0.717) is 30.4 Å². The maximum absolute atomic E-state index is 8.79. The van der Waals surface area contributed by atoms with E-state index in [2.05, 4.69) is 9.97 Å². The third kappa shape index (κ3) is 3.74. The van der Waals surface area contributed by atoms with Crippen molar-refractivity contribution < 1.29 is 9.84 Å². The zero-order valence-electron chi connectivity index (χ0n) is 10.6. The van der Waals surface area contributed by atoms with E-state index in [0.717, 1.165) is 0 Å². The first kappa shape index (κ1) is 13.5. The van der Waals surface area contributed by atoms with Crippen LogP contribution in [-0.2, 0) is 0 Å². The van der Waals surface area contributed by atoms with Gasteiger partial charge in [-0.3, -0.25) is 0 Å². The molecule has 0 spiro atoms. The second kappa shape index (κ2) is 6.24. The second-order valence-corrected chi connectivity index (χ2v) is 4.08. The number of nitrogens with two attached hydrogens (primary N) is 1. The lowest BCUT2D eigenvalue weighted by Crippen LogP contribution is -2.22. The number of ether oxygens (including phenoxy) is 1. The Morgan fingerprint density at radius 1 is 1.47 bits per heavy atom. The highest BCUT2D eigenvalue weighted by molar-refractivity contribution is 5.67. The van der Waals surface area contributed by atoms with E-state index in [1.165, 1.54) is 6.33 Å². The molecule has 3 N–H and O–H groups in total. The van der Waals surface area contributed by atoms with E-state index in [9.17, 15) is 0 Å². The molecule has 1 aromatic rings. The first-order chi connectivity index (χ1) is 8.06. The van der Waals surface area contributed by atoms with Crippen molar-refractivity contribution in [3.8, 4) is 5.88 Å². The van der Waals surface area contributed by atoms with Crippen LogP contribution < -0.4 is 15.4 Å². The van der Waals surface area contributed by atoms with Gasteiger partial charge in [0.25, 0.3) is 0 Å². The highest BCUT2D eigenvalue weighted by atomic mass is 16.5. The van der Waals surface area contributed by atoms with Crippen LogP contribution in [0.5, 0.6) is 5.88 Å². The number of anilines is 2. The lowest BCUT2D eigenvalue weighted by Gasteiger charge is -2.20. The van der Waals surface area contributed by atoms with Crippen molar-refractivity contribution in [2.24, 2.45) is 0 Å². The van der Waals surface area contributed by atoms with Crippen LogP contribution in [0.2, 0.25) is 0 Å². The van der Waals surface area contributed by atoms with Crippen molar-refractivity contribution in [1.29, 1.82) is 0 Å². The van der Waals surface area contributed by atoms with Gasteiger partial charge in [0.15, 0.2) is 5.82 Å². The first-order valence-electron chi connectivity index (χ1n) is 5.65. The fraction of sp³-hybridized carbons (Fsp3) is 0.636. The van der Waals surface area contributed by atoms with Gasteiger partial charge in [-0.05, 0) is 20.3 Å². The van der Waals surface area contributed by atoms with Gasteiger partial charge in [-0.1, -0.05) is 0 Å². The van der Waals surface area contributed by atoms with Crippen LogP contribution in [0.15, 0.2) is 6.33 Å². The van der Waals surface area contributed by atoms with Gasteiger partial charge in [0.2, 0.25) is 5.88 Å².